The predicted molar refractivity (Wildman–Crippen MR) is 112 cm³/mol. The van der Waals surface area contributed by atoms with Crippen LogP contribution in [0.15, 0.2) is 53.9 Å². The summed E-state index contributed by atoms with van der Waals surface area (Å²) >= 11 is 0. The Morgan fingerprint density at radius 3 is 2.90 bits per heavy atom. The van der Waals surface area contributed by atoms with Gasteiger partial charge in [-0.15, -0.1) is 5.10 Å². The number of fused-ring (bicyclic) bond motifs is 1. The molecular formula is C20H19N9O2. The number of rotatable bonds is 5. The normalized spacial score (nSPS) is 15.1. The van der Waals surface area contributed by atoms with E-state index < -0.39 is 0 Å². The Balaban J connectivity index is 1.35. The minimum Gasteiger partial charge on any atom is -0.497 e. The maximum Gasteiger partial charge on any atom is 0.251 e. The summed E-state index contributed by atoms with van der Waals surface area (Å²) in [6, 6.07) is 9.24. The number of nitrogens with zero attached hydrogens (tertiary/aromatic N) is 9. The number of likely N-dealkylation sites (tertiary alicyclic amines) is 1. The first-order valence-corrected chi connectivity index (χ1v) is 9.74. The summed E-state index contributed by atoms with van der Waals surface area (Å²) in [5.74, 6) is 1.08. The molecule has 156 valence electrons. The van der Waals surface area contributed by atoms with Crippen molar-refractivity contribution in [3.05, 3.63) is 48.9 Å². The fraction of sp³-hybridized carbons (Fsp3) is 0.250. The molecule has 0 saturated carbocycles. The molecule has 1 amide bonds. The van der Waals surface area contributed by atoms with Crippen LogP contribution >= 0.6 is 0 Å². The van der Waals surface area contributed by atoms with Crippen molar-refractivity contribution >= 4 is 28.7 Å². The van der Waals surface area contributed by atoms with Crippen molar-refractivity contribution in [2.24, 2.45) is 4.99 Å². The van der Waals surface area contributed by atoms with Gasteiger partial charge in [0.15, 0.2) is 11.2 Å². The zero-order valence-corrected chi connectivity index (χ0v) is 16.8. The average molecular weight is 417 g/mol. The molecule has 0 aliphatic carbocycles. The molecule has 1 aliphatic rings. The van der Waals surface area contributed by atoms with Gasteiger partial charge in [-0.1, -0.05) is 5.21 Å². The van der Waals surface area contributed by atoms with Crippen molar-refractivity contribution in [2.75, 3.05) is 20.2 Å². The zero-order valence-electron chi connectivity index (χ0n) is 16.8. The Bertz CT molecular complexity index is 1250. The largest absolute Gasteiger partial charge is 0.497 e. The number of ether oxygens (including phenoxy) is 1. The maximum absolute atomic E-state index is 12.4. The van der Waals surface area contributed by atoms with Crippen LogP contribution < -0.4 is 4.74 Å². The number of benzene rings is 1. The van der Waals surface area contributed by atoms with Gasteiger partial charge in [-0.25, -0.2) is 9.98 Å². The van der Waals surface area contributed by atoms with Crippen LogP contribution in [0.2, 0.25) is 0 Å². The summed E-state index contributed by atoms with van der Waals surface area (Å²) < 4.78 is 8.45. The van der Waals surface area contributed by atoms with E-state index in [4.69, 9.17) is 4.74 Å². The van der Waals surface area contributed by atoms with Crippen molar-refractivity contribution < 1.29 is 9.53 Å². The molecule has 1 aliphatic heterocycles. The lowest BCUT2D eigenvalue weighted by molar-refractivity contribution is -0.130. The highest BCUT2D eigenvalue weighted by Crippen LogP contribution is 2.20. The third-order valence-electron chi connectivity index (χ3n) is 5.01. The predicted octanol–water partition coefficient (Wildman–Crippen LogP) is 1.42. The fourth-order valence-electron chi connectivity index (χ4n) is 3.39. The van der Waals surface area contributed by atoms with Crippen LogP contribution in [0.4, 0.5) is 5.95 Å². The van der Waals surface area contributed by atoms with Crippen LogP contribution in [0.1, 0.15) is 6.42 Å². The van der Waals surface area contributed by atoms with Crippen molar-refractivity contribution in [1.82, 2.24) is 39.6 Å². The van der Waals surface area contributed by atoms with Crippen molar-refractivity contribution in [2.45, 2.75) is 13.0 Å². The molecule has 1 fully saturated rings. The summed E-state index contributed by atoms with van der Waals surface area (Å²) in [5.41, 5.74) is 2.79. The van der Waals surface area contributed by atoms with Gasteiger partial charge in [0, 0.05) is 31.1 Å². The molecule has 0 atom stereocenters. The number of hydrogen-bond acceptors (Lipinski definition) is 8. The molecule has 4 heterocycles. The molecule has 11 nitrogen and oxygen atoms in total. The summed E-state index contributed by atoms with van der Waals surface area (Å²) in [6.07, 6.45) is 5.71. The molecule has 11 heteroatoms. The van der Waals surface area contributed by atoms with Crippen molar-refractivity contribution in [3.63, 3.8) is 0 Å². The van der Waals surface area contributed by atoms with Gasteiger partial charge in [-0.3, -0.25) is 9.48 Å². The first-order valence-electron chi connectivity index (χ1n) is 9.74. The van der Waals surface area contributed by atoms with E-state index in [-0.39, 0.29) is 12.5 Å². The Hall–Kier alpha value is -4.15. The summed E-state index contributed by atoms with van der Waals surface area (Å²) in [7, 11) is 1.62. The molecule has 5 rings (SSSR count). The summed E-state index contributed by atoms with van der Waals surface area (Å²) in [4.78, 5) is 27.6. The fourth-order valence-corrected chi connectivity index (χ4v) is 3.39. The average Bonchev–Trinajstić information content (AvgIpc) is 3.55. The zero-order chi connectivity index (χ0) is 21.2. The van der Waals surface area contributed by atoms with Gasteiger partial charge in [0.25, 0.3) is 5.95 Å². The topological polar surface area (TPSA) is 116 Å². The van der Waals surface area contributed by atoms with Gasteiger partial charge in [0.1, 0.15) is 12.3 Å². The molecule has 0 N–H and O–H groups in total. The summed E-state index contributed by atoms with van der Waals surface area (Å²) in [5, 5.41) is 12.4. The van der Waals surface area contributed by atoms with Crippen LogP contribution in [0.25, 0.3) is 16.9 Å². The van der Waals surface area contributed by atoms with Crippen molar-refractivity contribution in [1.29, 1.82) is 0 Å². The minimum absolute atomic E-state index is 0.00653. The Labute approximate surface area is 177 Å². The van der Waals surface area contributed by atoms with E-state index in [1.807, 2.05) is 24.3 Å². The van der Waals surface area contributed by atoms with Gasteiger partial charge in [0.05, 0.1) is 25.5 Å². The SMILES string of the molecule is COc1ccc(-n2nnc3cnc(/N=C4/CCN(C(=O)Cn5cccn5)C4)nc32)cc1. The van der Waals surface area contributed by atoms with Gasteiger partial charge >= 0.3 is 0 Å². The Morgan fingerprint density at radius 2 is 2.13 bits per heavy atom. The molecule has 31 heavy (non-hydrogen) atoms. The molecule has 1 aromatic carbocycles. The van der Waals surface area contributed by atoms with Gasteiger partial charge in [0.2, 0.25) is 5.91 Å². The molecule has 4 aromatic rings. The highest BCUT2D eigenvalue weighted by molar-refractivity contribution is 5.94. The highest BCUT2D eigenvalue weighted by Gasteiger charge is 2.23. The third-order valence-corrected chi connectivity index (χ3v) is 5.01. The van der Waals surface area contributed by atoms with Gasteiger partial charge in [-0.05, 0) is 30.3 Å². The van der Waals surface area contributed by atoms with E-state index in [1.54, 1.807) is 46.0 Å². The Morgan fingerprint density at radius 1 is 1.26 bits per heavy atom. The van der Waals surface area contributed by atoms with E-state index in [1.165, 1.54) is 0 Å². The first-order chi connectivity index (χ1) is 15.2. The summed E-state index contributed by atoms with van der Waals surface area (Å²) in [6.45, 7) is 1.29. The lowest BCUT2D eigenvalue weighted by Gasteiger charge is -2.14. The molecule has 1 saturated heterocycles. The van der Waals surface area contributed by atoms with E-state index in [0.29, 0.717) is 36.6 Å². The number of methoxy groups -OCH3 is 1. The van der Waals surface area contributed by atoms with Crippen LogP contribution in [0, 0.1) is 0 Å². The lowest BCUT2D eigenvalue weighted by Crippen LogP contribution is -2.32. The quantitative estimate of drug-likeness (QED) is 0.482. The van der Waals surface area contributed by atoms with E-state index in [9.17, 15) is 4.79 Å². The van der Waals surface area contributed by atoms with Crippen LogP contribution in [-0.2, 0) is 11.3 Å². The second-order valence-corrected chi connectivity index (χ2v) is 7.03. The highest BCUT2D eigenvalue weighted by atomic mass is 16.5. The van der Waals surface area contributed by atoms with Crippen molar-refractivity contribution in [3.8, 4) is 11.4 Å². The first kappa shape index (κ1) is 18.9. The monoisotopic (exact) mass is 417 g/mol. The molecular weight excluding hydrogens is 398 g/mol. The molecule has 0 unspecified atom stereocenters. The second kappa shape index (κ2) is 7.94. The number of carbonyl (C=O) groups is 1. The van der Waals surface area contributed by atoms with Crippen LogP contribution in [0.3, 0.4) is 0 Å². The van der Waals surface area contributed by atoms with E-state index in [0.717, 1.165) is 17.1 Å². The maximum atomic E-state index is 12.4. The second-order valence-electron chi connectivity index (χ2n) is 7.03. The van der Waals surface area contributed by atoms with Gasteiger partial charge < -0.3 is 9.64 Å². The number of amides is 1. The standard InChI is InChI=1S/C20H19N9O2/c1-31-16-5-3-15(4-6-16)29-19-17(25-26-29)11-21-20(24-19)23-14-7-10-27(12-14)18(30)13-28-9-2-8-22-28/h2-6,8-9,11H,7,10,12-13H2,1H3/b23-14-. The van der Waals surface area contributed by atoms with E-state index in [2.05, 4.69) is 30.4 Å². The van der Waals surface area contributed by atoms with Crippen LogP contribution in [0.5, 0.6) is 5.75 Å². The number of carbonyl (C=O) groups excluding carboxylic acids is 1. The number of aliphatic imine (C=N–C) groups is 1. The van der Waals surface area contributed by atoms with E-state index >= 15 is 0 Å². The van der Waals surface area contributed by atoms with Crippen LogP contribution in [-0.4, -0.2) is 71.5 Å². The Kier molecular flexibility index (Phi) is 4.83. The lowest BCUT2D eigenvalue weighted by atomic mass is 10.3. The molecule has 3 aromatic heterocycles. The molecule has 0 radical (unpaired) electrons. The number of aromatic nitrogens is 7. The third kappa shape index (κ3) is 3.84. The smallest absolute Gasteiger partial charge is 0.251 e. The molecule has 0 spiro atoms. The number of hydrogen-bond donors (Lipinski definition) is 0. The van der Waals surface area contributed by atoms with Gasteiger partial charge in [-0.2, -0.15) is 14.8 Å². The molecule has 0 bridgehead atoms. The minimum atomic E-state index is 0.00653.